The van der Waals surface area contributed by atoms with E-state index in [1.165, 1.54) is 4.90 Å². The van der Waals surface area contributed by atoms with Gasteiger partial charge in [0.15, 0.2) is 0 Å². The number of likely N-dealkylation sites (tertiary alicyclic amines) is 1. The lowest BCUT2D eigenvalue weighted by atomic mass is 10.0. The molecule has 1 fully saturated rings. The summed E-state index contributed by atoms with van der Waals surface area (Å²) >= 11 is 5.29. The summed E-state index contributed by atoms with van der Waals surface area (Å²) in [6, 6.07) is -0.416. The predicted octanol–water partition coefficient (Wildman–Crippen LogP) is -0.689. The fraction of sp³-hybridized carbons (Fsp3) is 0.667. The van der Waals surface area contributed by atoms with Crippen LogP contribution in [0.1, 0.15) is 6.42 Å². The topological polar surface area (TPSA) is 63.4 Å². The number of carbonyl (C=O) groups excluding carboxylic acids is 2. The lowest BCUT2D eigenvalue weighted by Crippen LogP contribution is -2.57. The SMILES string of the molecule is NC(=O)C1CCN1C(=O)CCl. The van der Waals surface area contributed by atoms with Gasteiger partial charge in [0.25, 0.3) is 0 Å². The maximum atomic E-state index is 10.9. The molecule has 1 rings (SSSR count). The summed E-state index contributed by atoms with van der Waals surface area (Å²) in [6.07, 6.45) is 0.665. The zero-order valence-electron chi connectivity index (χ0n) is 5.92. The van der Waals surface area contributed by atoms with E-state index in [1.807, 2.05) is 0 Å². The van der Waals surface area contributed by atoms with Gasteiger partial charge in [-0.05, 0) is 6.42 Å². The Morgan fingerprint density at radius 2 is 2.27 bits per heavy atom. The molecule has 0 radical (unpaired) electrons. The van der Waals surface area contributed by atoms with Gasteiger partial charge in [-0.15, -0.1) is 11.6 Å². The Labute approximate surface area is 69.3 Å². The first-order valence-electron chi connectivity index (χ1n) is 3.31. The van der Waals surface area contributed by atoms with Crippen molar-refractivity contribution >= 4 is 23.4 Å². The summed E-state index contributed by atoms with van der Waals surface area (Å²) in [5.74, 6) is -0.750. The molecule has 5 heteroatoms. The highest BCUT2D eigenvalue weighted by Gasteiger charge is 2.35. The molecule has 1 unspecified atom stereocenters. The first kappa shape index (κ1) is 8.33. The highest BCUT2D eigenvalue weighted by Crippen LogP contribution is 2.16. The monoisotopic (exact) mass is 176 g/mol. The zero-order chi connectivity index (χ0) is 8.43. The normalized spacial score (nSPS) is 22.6. The maximum Gasteiger partial charge on any atom is 0.240 e. The second-order valence-electron chi connectivity index (χ2n) is 2.43. The van der Waals surface area contributed by atoms with Crippen LogP contribution in [-0.2, 0) is 9.59 Å². The average Bonchev–Trinajstić information content (AvgIpc) is 1.83. The van der Waals surface area contributed by atoms with Gasteiger partial charge in [-0.25, -0.2) is 0 Å². The van der Waals surface area contributed by atoms with Crippen molar-refractivity contribution in [1.82, 2.24) is 4.90 Å². The predicted molar refractivity (Wildman–Crippen MR) is 40.0 cm³/mol. The van der Waals surface area contributed by atoms with Crippen molar-refractivity contribution in [2.24, 2.45) is 5.73 Å². The number of nitrogens with two attached hydrogens (primary N) is 1. The lowest BCUT2D eigenvalue weighted by molar-refractivity contribution is -0.143. The molecule has 11 heavy (non-hydrogen) atoms. The second kappa shape index (κ2) is 3.09. The number of carbonyl (C=O) groups is 2. The molecule has 62 valence electrons. The van der Waals surface area contributed by atoms with Crippen molar-refractivity contribution in [1.29, 1.82) is 0 Å². The van der Waals surface area contributed by atoms with Gasteiger partial charge in [0.05, 0.1) is 0 Å². The fourth-order valence-corrected chi connectivity index (χ4v) is 1.21. The third-order valence-electron chi connectivity index (χ3n) is 1.78. The summed E-state index contributed by atoms with van der Waals surface area (Å²) in [5, 5.41) is 0. The van der Waals surface area contributed by atoms with Crippen LogP contribution >= 0.6 is 11.6 Å². The molecule has 0 bridgehead atoms. The quantitative estimate of drug-likeness (QED) is 0.567. The number of amides is 2. The molecule has 0 aromatic rings. The molecule has 0 aromatic heterocycles. The summed E-state index contributed by atoms with van der Waals surface area (Å²) in [7, 11) is 0. The van der Waals surface area contributed by atoms with E-state index in [-0.39, 0.29) is 11.8 Å². The van der Waals surface area contributed by atoms with Gasteiger partial charge in [0, 0.05) is 6.54 Å². The minimum absolute atomic E-state index is 0.0796. The fourth-order valence-electron chi connectivity index (χ4n) is 1.06. The van der Waals surface area contributed by atoms with Gasteiger partial charge in [-0.1, -0.05) is 0 Å². The Morgan fingerprint density at radius 3 is 2.55 bits per heavy atom. The Kier molecular flexibility index (Phi) is 2.34. The number of alkyl halides is 1. The van der Waals surface area contributed by atoms with Crippen LogP contribution in [0, 0.1) is 0 Å². The van der Waals surface area contributed by atoms with Crippen LogP contribution in [-0.4, -0.2) is 35.2 Å². The highest BCUT2D eigenvalue weighted by atomic mass is 35.5. The molecule has 1 aliphatic rings. The molecule has 0 aliphatic carbocycles. The van der Waals surface area contributed by atoms with Crippen molar-refractivity contribution in [2.45, 2.75) is 12.5 Å². The molecule has 2 N–H and O–H groups in total. The maximum absolute atomic E-state index is 10.9. The van der Waals surface area contributed by atoms with Crippen molar-refractivity contribution in [3.05, 3.63) is 0 Å². The van der Waals surface area contributed by atoms with Crippen LogP contribution < -0.4 is 5.73 Å². The van der Waals surface area contributed by atoms with Crippen LogP contribution in [0.15, 0.2) is 0 Å². The number of hydrogen-bond donors (Lipinski definition) is 1. The number of rotatable bonds is 2. The Bertz CT molecular complexity index is 195. The summed E-state index contributed by atoms with van der Waals surface area (Å²) < 4.78 is 0. The summed E-state index contributed by atoms with van der Waals surface area (Å²) in [5.41, 5.74) is 5.00. The Balaban J connectivity index is 2.49. The molecule has 2 amide bonds. The lowest BCUT2D eigenvalue weighted by Gasteiger charge is -2.38. The smallest absolute Gasteiger partial charge is 0.240 e. The molecule has 4 nitrogen and oxygen atoms in total. The van der Waals surface area contributed by atoms with Crippen molar-refractivity contribution in [3.8, 4) is 0 Å². The minimum atomic E-state index is -0.449. The van der Waals surface area contributed by atoms with Crippen LogP contribution in [0.25, 0.3) is 0 Å². The van der Waals surface area contributed by atoms with E-state index in [1.54, 1.807) is 0 Å². The van der Waals surface area contributed by atoms with Crippen LogP contribution in [0.3, 0.4) is 0 Å². The van der Waals surface area contributed by atoms with Gasteiger partial charge in [0.1, 0.15) is 11.9 Å². The number of hydrogen-bond acceptors (Lipinski definition) is 2. The average molecular weight is 177 g/mol. The van der Waals surface area contributed by atoms with Crippen molar-refractivity contribution < 1.29 is 9.59 Å². The van der Waals surface area contributed by atoms with E-state index < -0.39 is 11.9 Å². The second-order valence-corrected chi connectivity index (χ2v) is 2.69. The van der Waals surface area contributed by atoms with Crippen LogP contribution in [0.5, 0.6) is 0 Å². The van der Waals surface area contributed by atoms with E-state index in [9.17, 15) is 9.59 Å². The summed E-state index contributed by atoms with van der Waals surface area (Å²) in [4.78, 5) is 22.9. The van der Waals surface area contributed by atoms with Gasteiger partial charge >= 0.3 is 0 Å². The molecule has 0 aromatic carbocycles. The Morgan fingerprint density at radius 1 is 1.64 bits per heavy atom. The first-order valence-corrected chi connectivity index (χ1v) is 3.85. The molecule has 1 atom stereocenters. The van der Waals surface area contributed by atoms with Crippen LogP contribution in [0.2, 0.25) is 0 Å². The molecular formula is C6H9ClN2O2. The van der Waals surface area contributed by atoms with Crippen molar-refractivity contribution in [3.63, 3.8) is 0 Å². The standard InChI is InChI=1S/C6H9ClN2O2/c7-3-5(10)9-2-1-4(9)6(8)11/h4H,1-3H2,(H2,8,11). The van der Waals surface area contributed by atoms with Gasteiger partial charge in [-0.3, -0.25) is 9.59 Å². The minimum Gasteiger partial charge on any atom is -0.368 e. The molecule has 0 spiro atoms. The number of primary amides is 1. The van der Waals surface area contributed by atoms with Crippen LogP contribution in [0.4, 0.5) is 0 Å². The highest BCUT2D eigenvalue weighted by molar-refractivity contribution is 6.27. The van der Waals surface area contributed by atoms with Gasteiger partial charge < -0.3 is 10.6 Å². The molecular weight excluding hydrogens is 168 g/mol. The number of nitrogens with zero attached hydrogens (tertiary/aromatic N) is 1. The third kappa shape index (κ3) is 1.45. The van der Waals surface area contributed by atoms with E-state index >= 15 is 0 Å². The molecule has 1 saturated heterocycles. The molecule has 0 saturated carbocycles. The van der Waals surface area contributed by atoms with E-state index in [0.717, 1.165) is 0 Å². The van der Waals surface area contributed by atoms with E-state index in [4.69, 9.17) is 17.3 Å². The Hall–Kier alpha value is -0.770. The molecule has 1 aliphatic heterocycles. The van der Waals surface area contributed by atoms with E-state index in [0.29, 0.717) is 13.0 Å². The summed E-state index contributed by atoms with van der Waals surface area (Å²) in [6.45, 7) is 0.596. The third-order valence-corrected chi connectivity index (χ3v) is 2.01. The molecule has 1 heterocycles. The zero-order valence-corrected chi connectivity index (χ0v) is 6.67. The number of halogens is 1. The first-order chi connectivity index (χ1) is 5.16. The van der Waals surface area contributed by atoms with Gasteiger partial charge in [-0.2, -0.15) is 0 Å². The van der Waals surface area contributed by atoms with Crippen molar-refractivity contribution in [2.75, 3.05) is 12.4 Å². The van der Waals surface area contributed by atoms with E-state index in [2.05, 4.69) is 0 Å². The van der Waals surface area contributed by atoms with Gasteiger partial charge in [0.2, 0.25) is 11.8 Å². The largest absolute Gasteiger partial charge is 0.368 e.